The number of hydrogen-bond acceptors (Lipinski definition) is 12. The van der Waals surface area contributed by atoms with E-state index in [0.29, 0.717) is 66.8 Å². The number of hydrogen-bond donors (Lipinski definition) is 1. The molecule has 4 aliphatic rings. The van der Waals surface area contributed by atoms with Crippen molar-refractivity contribution in [2.75, 3.05) is 43.4 Å². The second-order valence-corrected chi connectivity index (χ2v) is 14.3. The van der Waals surface area contributed by atoms with Crippen LogP contribution in [0.2, 0.25) is 0 Å². The zero-order chi connectivity index (χ0) is 27.1. The maximum atomic E-state index is 14.4. The number of nitriles is 1. The largest absolute Gasteiger partial charge is 0.461 e. The predicted octanol–water partition coefficient (Wildman–Crippen LogP) is 3.76. The van der Waals surface area contributed by atoms with Gasteiger partial charge in [-0.15, -0.1) is 34.4 Å². The highest BCUT2D eigenvalue weighted by molar-refractivity contribution is 8.00. The lowest BCUT2D eigenvalue weighted by molar-refractivity contribution is 0.107. The van der Waals surface area contributed by atoms with Crippen LogP contribution in [0.4, 0.5) is 15.2 Å². The normalized spacial score (nSPS) is 24.9. The van der Waals surface area contributed by atoms with E-state index in [1.165, 1.54) is 16.2 Å². The first-order valence-corrected chi connectivity index (χ1v) is 16.0. The standard InChI is InChI=1S/C26H26FN9OS3/c27-15-4-25(2-1-3-36(25)6-15)12-37-24-32-22-20(30-13-34(22)7-16-8-38-14-31-16)23(33-24)35-10-26(11-35)19-17(5-28)21(29)40-18(19)9-39-26/h8,13-15H,1-4,6-7,9-12,29H2/t15?,25-/m0/s1. The first-order valence-electron chi connectivity index (χ1n) is 13.3. The predicted molar refractivity (Wildman–Crippen MR) is 154 cm³/mol. The zero-order valence-corrected chi connectivity index (χ0v) is 24.0. The summed E-state index contributed by atoms with van der Waals surface area (Å²) in [5, 5.41) is 12.4. The Morgan fingerprint density at radius 2 is 2.17 bits per heavy atom. The van der Waals surface area contributed by atoms with E-state index < -0.39 is 6.17 Å². The van der Waals surface area contributed by atoms with Crippen molar-refractivity contribution in [1.29, 1.82) is 5.26 Å². The number of alkyl halides is 1. The maximum absolute atomic E-state index is 14.4. The smallest absolute Gasteiger partial charge is 0.320 e. The van der Waals surface area contributed by atoms with Crippen molar-refractivity contribution in [3.05, 3.63) is 38.9 Å². The molecule has 8 heterocycles. The summed E-state index contributed by atoms with van der Waals surface area (Å²) in [5.41, 5.74) is 11.7. The van der Waals surface area contributed by atoms with Crippen molar-refractivity contribution < 1.29 is 9.13 Å². The molecular weight excluding hydrogens is 570 g/mol. The quantitative estimate of drug-likeness (QED) is 0.353. The minimum Gasteiger partial charge on any atom is -0.461 e. The Bertz CT molecular complexity index is 1660. The molecule has 4 aromatic heterocycles. The van der Waals surface area contributed by atoms with Crippen molar-refractivity contribution in [1.82, 2.24) is 29.4 Å². The molecule has 0 radical (unpaired) electrons. The van der Waals surface area contributed by atoms with Crippen molar-refractivity contribution in [2.24, 2.45) is 0 Å². The van der Waals surface area contributed by atoms with Crippen LogP contribution in [-0.2, 0) is 17.0 Å². The third-order valence-corrected chi connectivity index (χ3v) is 12.0. The molecule has 1 unspecified atom stereocenters. The van der Waals surface area contributed by atoms with Gasteiger partial charge in [-0.25, -0.2) is 14.4 Å². The Balaban J connectivity index is 1.13. The van der Waals surface area contributed by atoms with Gasteiger partial charge in [0, 0.05) is 47.6 Å². The summed E-state index contributed by atoms with van der Waals surface area (Å²) in [4.78, 5) is 24.5. The van der Waals surface area contributed by atoms with Crippen LogP contribution in [0, 0.1) is 11.3 Å². The Morgan fingerprint density at radius 1 is 1.27 bits per heavy atom. The van der Waals surface area contributed by atoms with Gasteiger partial charge >= 0.3 is 6.01 Å². The molecule has 0 aromatic carbocycles. The van der Waals surface area contributed by atoms with E-state index >= 15 is 0 Å². The van der Waals surface area contributed by atoms with Crippen LogP contribution in [0.25, 0.3) is 11.2 Å². The molecule has 10 nitrogen and oxygen atoms in total. The second kappa shape index (κ2) is 9.01. The summed E-state index contributed by atoms with van der Waals surface area (Å²) in [6, 6.07) is 2.62. The summed E-state index contributed by atoms with van der Waals surface area (Å²) in [6.07, 6.45) is 3.42. The lowest BCUT2D eigenvalue weighted by Gasteiger charge is -2.48. The summed E-state index contributed by atoms with van der Waals surface area (Å²) in [7, 11) is 0. The van der Waals surface area contributed by atoms with Gasteiger partial charge < -0.3 is 19.9 Å². The number of thiazole rings is 1. The number of thioether (sulfide) groups is 1. The summed E-state index contributed by atoms with van der Waals surface area (Å²) < 4.78 is 22.5. The second-order valence-electron chi connectivity index (χ2n) is 11.1. The molecule has 4 aliphatic heterocycles. The number of rotatable bonds is 6. The number of nitrogens with zero attached hydrogens (tertiary/aromatic N) is 8. The Labute approximate surface area is 242 Å². The number of ether oxygens (including phenoxy) is 1. The fourth-order valence-electron chi connectivity index (χ4n) is 6.89. The summed E-state index contributed by atoms with van der Waals surface area (Å²) in [5.74, 6) is 1.58. The van der Waals surface area contributed by atoms with Gasteiger partial charge in [-0.1, -0.05) is 0 Å². The van der Waals surface area contributed by atoms with Crippen molar-refractivity contribution in [3.8, 4) is 12.1 Å². The molecule has 3 saturated heterocycles. The number of halogens is 1. The van der Waals surface area contributed by atoms with Crippen LogP contribution < -0.4 is 15.4 Å². The van der Waals surface area contributed by atoms with Gasteiger partial charge in [0.1, 0.15) is 23.8 Å². The minimum absolute atomic E-state index is 0.181. The monoisotopic (exact) mass is 595 g/mol. The van der Waals surface area contributed by atoms with Crippen molar-refractivity contribution in [2.45, 2.75) is 48.0 Å². The van der Waals surface area contributed by atoms with Crippen LogP contribution in [0.1, 0.15) is 41.0 Å². The van der Waals surface area contributed by atoms with Gasteiger partial charge in [-0.05, 0) is 19.4 Å². The summed E-state index contributed by atoms with van der Waals surface area (Å²) >= 11 is 4.95. The molecule has 40 heavy (non-hydrogen) atoms. The minimum atomic E-state index is -0.821. The molecule has 0 aliphatic carbocycles. The number of thiophene rings is 1. The van der Waals surface area contributed by atoms with Crippen LogP contribution in [0.5, 0.6) is 6.01 Å². The van der Waals surface area contributed by atoms with E-state index in [-0.39, 0.29) is 16.3 Å². The number of nitrogen functional groups attached to an aromatic ring is 1. The molecule has 0 saturated carbocycles. The molecule has 206 valence electrons. The highest BCUT2D eigenvalue weighted by atomic mass is 32.2. The number of nitrogens with two attached hydrogens (primary N) is 1. The van der Waals surface area contributed by atoms with Gasteiger partial charge in [0.2, 0.25) is 0 Å². The van der Waals surface area contributed by atoms with Gasteiger partial charge in [-0.3, -0.25) is 4.90 Å². The molecule has 0 amide bonds. The Morgan fingerprint density at radius 3 is 3.00 bits per heavy atom. The molecule has 2 atom stereocenters. The van der Waals surface area contributed by atoms with Crippen LogP contribution in [-0.4, -0.2) is 73.9 Å². The number of anilines is 2. The molecule has 0 bridgehead atoms. The molecule has 2 N–H and O–H groups in total. The van der Waals surface area contributed by atoms with E-state index in [2.05, 4.69) is 20.9 Å². The lowest BCUT2D eigenvalue weighted by Crippen LogP contribution is -2.57. The first kappa shape index (κ1) is 24.8. The van der Waals surface area contributed by atoms with E-state index in [1.54, 1.807) is 17.7 Å². The molecular formula is C26H26FN9OS3. The fourth-order valence-corrected chi connectivity index (χ4v) is 10.2. The van der Waals surface area contributed by atoms with Gasteiger partial charge in [0.25, 0.3) is 0 Å². The number of fused-ring (bicyclic) bond motifs is 4. The average Bonchev–Trinajstić information content (AvgIpc) is 3.74. The first-order chi connectivity index (χ1) is 19.5. The maximum Gasteiger partial charge on any atom is 0.320 e. The van der Waals surface area contributed by atoms with E-state index in [1.807, 2.05) is 27.2 Å². The van der Waals surface area contributed by atoms with Crippen molar-refractivity contribution >= 4 is 56.4 Å². The molecule has 8 rings (SSSR count). The topological polar surface area (TPSA) is 122 Å². The van der Waals surface area contributed by atoms with Gasteiger partial charge in [0.15, 0.2) is 17.0 Å². The number of imidazole rings is 1. The van der Waals surface area contributed by atoms with Crippen LogP contribution >= 0.6 is 34.4 Å². The lowest BCUT2D eigenvalue weighted by atomic mass is 9.88. The fraction of sp³-hybridized carbons (Fsp3) is 0.500. The third-order valence-electron chi connectivity index (χ3n) is 8.72. The molecule has 3 fully saturated rings. The molecule has 1 spiro atoms. The average molecular weight is 596 g/mol. The van der Waals surface area contributed by atoms with Crippen molar-refractivity contribution in [3.63, 3.8) is 0 Å². The van der Waals surface area contributed by atoms with Crippen LogP contribution in [0.3, 0.4) is 0 Å². The Kier molecular flexibility index (Phi) is 5.58. The third kappa shape index (κ3) is 3.67. The Hall–Kier alpha value is -2.99. The van der Waals surface area contributed by atoms with Crippen LogP contribution in [0.15, 0.2) is 17.2 Å². The summed E-state index contributed by atoms with van der Waals surface area (Å²) in [6.45, 7) is 3.68. The molecule has 14 heteroatoms. The van der Waals surface area contributed by atoms with Gasteiger partial charge in [0.05, 0.1) is 39.9 Å². The van der Waals surface area contributed by atoms with E-state index in [9.17, 15) is 9.65 Å². The highest BCUT2D eigenvalue weighted by Gasteiger charge is 2.53. The SMILES string of the molecule is N#Cc1c(N)sc2c1C1(CN(c3nc(OC[C@@]45CCCN4CC(F)C5)nc4c3ncn4Cc3cscn3)C1)SC2. The highest BCUT2D eigenvalue weighted by Crippen LogP contribution is 2.58. The number of aromatic nitrogens is 5. The van der Waals surface area contributed by atoms with E-state index in [4.69, 9.17) is 25.4 Å². The van der Waals surface area contributed by atoms with Gasteiger partial charge in [-0.2, -0.15) is 15.2 Å². The zero-order valence-electron chi connectivity index (χ0n) is 21.5. The van der Waals surface area contributed by atoms with E-state index in [0.717, 1.165) is 36.4 Å². The molecule has 4 aromatic rings.